The summed E-state index contributed by atoms with van der Waals surface area (Å²) >= 11 is 0. The van der Waals surface area contributed by atoms with Crippen LogP contribution < -0.4 is 15.6 Å². The number of carboxylic acid groups (broad SMARTS) is 1. The second kappa shape index (κ2) is 14.8. The van der Waals surface area contributed by atoms with E-state index in [4.69, 9.17) is 19.8 Å². The lowest BCUT2D eigenvalue weighted by Gasteiger charge is -2.51. The Balaban J connectivity index is 0.000000671. The molecule has 6 rings (SSSR count). The molecule has 3 aliphatic heterocycles. The van der Waals surface area contributed by atoms with Gasteiger partial charge >= 0.3 is 12.1 Å². The Kier molecular flexibility index (Phi) is 11.3. The Morgan fingerprint density at radius 1 is 0.917 bits per heavy atom. The summed E-state index contributed by atoms with van der Waals surface area (Å²) in [6.45, 7) is 2.90. The molecule has 3 aromatic rings. The number of nitrogens with two attached hydrogens (primary N) is 1. The monoisotopic (exact) mass is 691 g/mol. The van der Waals surface area contributed by atoms with E-state index in [-0.39, 0.29) is 23.3 Å². The maximum absolute atomic E-state index is 13.7. The molecule has 3 fully saturated rings. The lowest BCUT2D eigenvalue weighted by molar-refractivity contribution is -0.939. The Labute approximate surface area is 275 Å². The molecule has 0 spiro atoms. The predicted molar refractivity (Wildman–Crippen MR) is 164 cm³/mol. The van der Waals surface area contributed by atoms with Crippen LogP contribution in [0.25, 0.3) is 0 Å². The molecule has 11 nitrogen and oxygen atoms in total. The van der Waals surface area contributed by atoms with Gasteiger partial charge in [0.2, 0.25) is 15.6 Å². The van der Waals surface area contributed by atoms with Crippen molar-refractivity contribution < 1.29 is 55.4 Å². The van der Waals surface area contributed by atoms with Gasteiger partial charge in [-0.25, -0.2) is 18.4 Å². The predicted octanol–water partition coefficient (Wildman–Crippen LogP) is 1.38. The highest BCUT2D eigenvalue weighted by Gasteiger charge is 2.51. The number of primary sulfonamides is 1. The number of halogens is 3. The summed E-state index contributed by atoms with van der Waals surface area (Å²) in [4.78, 5) is 35.5. The number of nitrogens with zero attached hydrogens (tertiary/aromatic N) is 1. The number of alkyl halides is 3. The van der Waals surface area contributed by atoms with Crippen LogP contribution >= 0.6 is 0 Å². The van der Waals surface area contributed by atoms with Gasteiger partial charge in [0.1, 0.15) is 12.5 Å². The molecule has 3 saturated heterocycles. The second-order valence-corrected chi connectivity index (χ2v) is 13.5. The summed E-state index contributed by atoms with van der Waals surface area (Å²) in [6, 6.07) is 24.0. The molecule has 2 bridgehead atoms. The number of quaternary nitrogens is 1. The minimum Gasteiger partial charge on any atom is -0.542 e. The first kappa shape index (κ1) is 36.5. The first-order chi connectivity index (χ1) is 22.5. The van der Waals surface area contributed by atoms with E-state index in [1.165, 1.54) is 12.1 Å². The second-order valence-electron chi connectivity index (χ2n) is 11.9. The summed E-state index contributed by atoms with van der Waals surface area (Å²) in [5.41, 5.74) is -0.163. The third-order valence-corrected chi connectivity index (χ3v) is 9.61. The van der Waals surface area contributed by atoms with Gasteiger partial charge in [0.25, 0.3) is 5.91 Å². The minimum atomic E-state index is -5.19. The molecular weight excluding hydrogens is 655 g/mol. The number of hydrogen-bond donors (Lipinski definition) is 3. The van der Waals surface area contributed by atoms with Crippen molar-refractivity contribution in [2.24, 2.45) is 11.1 Å². The summed E-state index contributed by atoms with van der Waals surface area (Å²) in [6.07, 6.45) is -3.35. The van der Waals surface area contributed by atoms with Crippen LogP contribution in [0.15, 0.2) is 89.8 Å². The van der Waals surface area contributed by atoms with E-state index in [9.17, 15) is 36.3 Å². The number of nitrogens with one attached hydrogen (secondary N) is 1. The molecule has 1 amide bonds. The molecule has 4 N–H and O–H groups in total. The topological polar surface area (TPSA) is 176 Å². The number of carboxylic acids is 1. The van der Waals surface area contributed by atoms with Crippen molar-refractivity contribution in [2.45, 2.75) is 42.0 Å². The molecule has 0 saturated carbocycles. The number of sulfonamides is 1. The highest BCUT2D eigenvalue weighted by molar-refractivity contribution is 7.89. The molecular formula is C33H36F3N3O8S. The van der Waals surface area contributed by atoms with Crippen molar-refractivity contribution in [2.75, 3.05) is 32.7 Å². The summed E-state index contributed by atoms with van der Waals surface area (Å²) in [7, 11) is -3.74. The first-order valence-electron chi connectivity index (χ1n) is 15.1. The molecule has 15 heteroatoms. The Hall–Kier alpha value is -4.31. The van der Waals surface area contributed by atoms with E-state index in [1.807, 2.05) is 12.1 Å². The number of esters is 1. The zero-order valence-corrected chi connectivity index (χ0v) is 26.6. The van der Waals surface area contributed by atoms with Gasteiger partial charge in [-0.1, -0.05) is 72.8 Å². The highest BCUT2D eigenvalue weighted by atomic mass is 32.2. The largest absolute Gasteiger partial charge is 0.542 e. The summed E-state index contributed by atoms with van der Waals surface area (Å²) in [5, 5.41) is 28.7. The molecule has 1 atom stereocenters. The fourth-order valence-electron chi connectivity index (χ4n) is 6.11. The summed E-state index contributed by atoms with van der Waals surface area (Å²) < 4.78 is 61.1. The Morgan fingerprint density at radius 3 is 1.88 bits per heavy atom. The van der Waals surface area contributed by atoms with Crippen molar-refractivity contribution in [1.82, 2.24) is 5.32 Å². The smallest absolute Gasteiger partial charge is 0.430 e. The number of rotatable bonds is 10. The number of carbonyl (C=O) groups excluding carboxylic acids is 3. The van der Waals surface area contributed by atoms with Crippen LogP contribution in [0, 0.1) is 5.92 Å². The van der Waals surface area contributed by atoms with E-state index in [0.717, 1.165) is 31.5 Å². The van der Waals surface area contributed by atoms with Crippen LogP contribution in [0.5, 0.6) is 0 Å². The summed E-state index contributed by atoms with van der Waals surface area (Å²) in [5.74, 6) is -3.60. The average molecular weight is 692 g/mol. The van der Waals surface area contributed by atoms with Gasteiger partial charge in [0.15, 0.2) is 12.6 Å². The van der Waals surface area contributed by atoms with E-state index in [2.05, 4.69) is 5.32 Å². The molecule has 48 heavy (non-hydrogen) atoms. The third-order valence-electron chi connectivity index (χ3n) is 8.68. The lowest BCUT2D eigenvalue weighted by atomic mass is 9.82. The van der Waals surface area contributed by atoms with Crippen LogP contribution in [-0.2, 0) is 41.2 Å². The lowest BCUT2D eigenvalue weighted by Crippen LogP contribution is -2.67. The van der Waals surface area contributed by atoms with Crippen molar-refractivity contribution >= 4 is 27.9 Å². The third kappa shape index (κ3) is 8.98. The maximum atomic E-state index is 13.7. The van der Waals surface area contributed by atoms with E-state index in [1.54, 1.807) is 60.7 Å². The van der Waals surface area contributed by atoms with Crippen molar-refractivity contribution in [1.29, 1.82) is 0 Å². The quantitative estimate of drug-likeness (QED) is 0.211. The molecule has 3 heterocycles. The van der Waals surface area contributed by atoms with Crippen LogP contribution in [-0.4, -0.2) is 80.9 Å². The molecule has 0 unspecified atom stereocenters. The zero-order chi connectivity index (χ0) is 35.2. The van der Waals surface area contributed by atoms with Gasteiger partial charge in [-0.15, -0.1) is 0 Å². The van der Waals surface area contributed by atoms with Crippen molar-refractivity contribution in [3.63, 3.8) is 0 Å². The van der Waals surface area contributed by atoms with E-state index >= 15 is 0 Å². The van der Waals surface area contributed by atoms with Crippen molar-refractivity contribution in [3.8, 4) is 0 Å². The number of ether oxygens (including phenoxy) is 1. The van der Waals surface area contributed by atoms with Gasteiger partial charge in [-0.05, 0) is 35.2 Å². The van der Waals surface area contributed by atoms with Crippen LogP contribution in [0.4, 0.5) is 13.2 Å². The minimum absolute atomic E-state index is 0.0517. The van der Waals surface area contributed by atoms with Gasteiger partial charge in [0.05, 0.1) is 18.0 Å². The SMILES string of the molecule is NS(=O)(=O)c1ccc(CCNC(=O)C[N+]23CCC(CC2)[C@@H](OC(=O)C(O)(c2ccccc2)c2ccccc2)C3)cc1.O=C([O-])C(F)(F)F. The number of hydrogen-bond acceptors (Lipinski definition) is 8. The zero-order valence-electron chi connectivity index (χ0n) is 25.8. The molecule has 0 radical (unpaired) electrons. The Morgan fingerprint density at radius 2 is 1.42 bits per heavy atom. The van der Waals surface area contributed by atoms with Gasteiger partial charge in [0, 0.05) is 25.3 Å². The van der Waals surface area contributed by atoms with Crippen LogP contribution in [0.3, 0.4) is 0 Å². The molecule has 3 aromatic carbocycles. The highest BCUT2D eigenvalue weighted by Crippen LogP contribution is 2.38. The Bertz CT molecular complexity index is 1640. The molecule has 0 aliphatic carbocycles. The van der Waals surface area contributed by atoms with Gasteiger partial charge < -0.3 is 29.5 Å². The number of amides is 1. The number of carbonyl (C=O) groups is 3. The van der Waals surface area contributed by atoms with Gasteiger partial charge in [-0.2, -0.15) is 13.2 Å². The fraction of sp³-hybridized carbons (Fsp3) is 0.364. The first-order valence-corrected chi connectivity index (χ1v) is 16.6. The number of aliphatic hydroxyl groups is 1. The standard InChI is InChI=1S/C31H35N3O6S.C2HF3O2/c32-41(38,39)27-13-11-23(12-14-27)15-18-33-29(35)22-34-19-16-24(17-20-34)28(21-34)40-30(36)31(37,25-7-3-1-4-8-25)26-9-5-2-6-10-26;3-2(4,5)1(6)7/h1-14,24,28,37H,15-22H2,(H2-,32,33,35,38,39);(H,6,7)/t24?,28-,34?;/m0./s1. The molecule has 258 valence electrons. The average Bonchev–Trinajstić information content (AvgIpc) is 3.05. The normalized spacial score (nSPS) is 20.6. The fourth-order valence-corrected chi connectivity index (χ4v) is 6.63. The van der Waals surface area contributed by atoms with E-state index < -0.39 is 39.8 Å². The van der Waals surface area contributed by atoms with E-state index in [0.29, 0.717) is 35.1 Å². The number of aliphatic carboxylic acids is 1. The molecule has 0 aromatic heterocycles. The maximum Gasteiger partial charge on any atom is 0.430 e. The van der Waals surface area contributed by atoms with Crippen molar-refractivity contribution in [3.05, 3.63) is 102 Å². The van der Waals surface area contributed by atoms with Crippen LogP contribution in [0.2, 0.25) is 0 Å². The number of fused-ring (bicyclic) bond motifs is 3. The van der Waals surface area contributed by atoms with Gasteiger partial charge in [-0.3, -0.25) is 4.79 Å². The molecule has 3 aliphatic rings. The van der Waals surface area contributed by atoms with Crippen LogP contribution in [0.1, 0.15) is 29.5 Å². The number of piperidine rings is 3. The number of benzene rings is 3.